The van der Waals surface area contributed by atoms with Gasteiger partial charge in [0.05, 0.1) is 12.8 Å². The second kappa shape index (κ2) is 4.99. The minimum Gasteiger partial charge on any atom is -0.478 e. The molecule has 0 aliphatic carbocycles. The van der Waals surface area contributed by atoms with Crippen LogP contribution in [0.1, 0.15) is 5.69 Å². The van der Waals surface area contributed by atoms with Crippen molar-refractivity contribution in [2.24, 2.45) is 5.11 Å². The summed E-state index contributed by atoms with van der Waals surface area (Å²) < 4.78 is 4.82. The number of hydrogen-bond donors (Lipinski definition) is 1. The maximum absolute atomic E-state index is 10.6. The lowest BCUT2D eigenvalue weighted by Crippen LogP contribution is -1.96. The number of aromatic nitrogens is 1. The van der Waals surface area contributed by atoms with Gasteiger partial charge in [0.15, 0.2) is 0 Å². The molecular formula is C7H6N4O3S. The topological polar surface area (TPSA) is 108 Å². The van der Waals surface area contributed by atoms with Gasteiger partial charge in [0, 0.05) is 10.3 Å². The number of ether oxygens (including phenoxy) is 1. The molecule has 1 N–H and O–H groups in total. The van der Waals surface area contributed by atoms with E-state index in [-0.39, 0.29) is 0 Å². The van der Waals surface area contributed by atoms with Crippen LogP contribution in [0.2, 0.25) is 0 Å². The molecule has 0 atom stereocenters. The van der Waals surface area contributed by atoms with E-state index in [0.717, 1.165) is 0 Å². The first-order chi connectivity index (χ1) is 7.17. The number of carboxylic acids is 1. The molecule has 0 saturated carbocycles. The fraction of sp³-hybridized carbons (Fsp3) is 0.143. The van der Waals surface area contributed by atoms with E-state index in [9.17, 15) is 4.79 Å². The van der Waals surface area contributed by atoms with Crippen LogP contribution in [0.5, 0.6) is 5.19 Å². The molecule has 0 saturated heterocycles. The van der Waals surface area contributed by atoms with E-state index in [1.165, 1.54) is 24.5 Å². The maximum Gasteiger partial charge on any atom is 0.338 e. The summed E-state index contributed by atoms with van der Waals surface area (Å²) in [6.45, 7) is 0. The van der Waals surface area contributed by atoms with Crippen LogP contribution < -0.4 is 4.74 Å². The average Bonchev–Trinajstić information content (AvgIpc) is 2.65. The molecule has 0 aromatic carbocycles. The Morgan fingerprint density at radius 3 is 3.07 bits per heavy atom. The predicted octanol–water partition coefficient (Wildman–Crippen LogP) is 1.89. The van der Waals surface area contributed by atoms with Gasteiger partial charge in [0.1, 0.15) is 5.70 Å². The normalized spacial score (nSPS) is 10.6. The summed E-state index contributed by atoms with van der Waals surface area (Å²) in [6, 6.07) is 0. The van der Waals surface area contributed by atoms with Crippen LogP contribution in [0.25, 0.3) is 16.5 Å². The molecule has 78 valence electrons. The van der Waals surface area contributed by atoms with Crippen LogP contribution in [0, 0.1) is 0 Å². The summed E-state index contributed by atoms with van der Waals surface area (Å²) in [5.41, 5.74) is 8.09. The van der Waals surface area contributed by atoms with E-state index in [1.54, 1.807) is 5.38 Å². The minimum absolute atomic E-state index is 0.377. The molecule has 0 aliphatic rings. The smallest absolute Gasteiger partial charge is 0.338 e. The zero-order valence-corrected chi connectivity index (χ0v) is 8.43. The maximum atomic E-state index is 10.6. The third-order valence-corrected chi connectivity index (χ3v) is 2.15. The number of rotatable bonds is 4. The zero-order valence-electron chi connectivity index (χ0n) is 7.62. The van der Waals surface area contributed by atoms with Crippen molar-refractivity contribution in [1.29, 1.82) is 0 Å². The Kier molecular flexibility index (Phi) is 3.67. The van der Waals surface area contributed by atoms with Gasteiger partial charge in [-0.2, -0.15) is 0 Å². The van der Waals surface area contributed by atoms with Crippen molar-refractivity contribution in [2.45, 2.75) is 0 Å². The molecule has 0 aliphatic heterocycles. The van der Waals surface area contributed by atoms with Gasteiger partial charge in [-0.05, 0) is 11.6 Å². The molecule has 1 aromatic heterocycles. The van der Waals surface area contributed by atoms with Gasteiger partial charge >= 0.3 is 5.97 Å². The SMILES string of the molecule is COc1nc(/C=C(\N=[N+]=[N-])C(=O)O)cs1. The largest absolute Gasteiger partial charge is 0.478 e. The highest BCUT2D eigenvalue weighted by Gasteiger charge is 2.06. The number of thiazole rings is 1. The van der Waals surface area contributed by atoms with Crippen molar-refractivity contribution in [3.8, 4) is 5.19 Å². The van der Waals surface area contributed by atoms with E-state index < -0.39 is 11.7 Å². The molecule has 1 heterocycles. The van der Waals surface area contributed by atoms with Gasteiger partial charge < -0.3 is 9.84 Å². The monoisotopic (exact) mass is 226 g/mol. The Bertz CT molecular complexity index is 443. The van der Waals surface area contributed by atoms with Crippen LogP contribution in [-0.2, 0) is 4.79 Å². The Hall–Kier alpha value is -2.05. The van der Waals surface area contributed by atoms with E-state index in [0.29, 0.717) is 10.9 Å². The molecule has 1 rings (SSSR count). The van der Waals surface area contributed by atoms with Crippen molar-refractivity contribution < 1.29 is 14.6 Å². The lowest BCUT2D eigenvalue weighted by Gasteiger charge is -1.90. The lowest BCUT2D eigenvalue weighted by atomic mass is 10.3. The van der Waals surface area contributed by atoms with Gasteiger partial charge in [-0.25, -0.2) is 9.78 Å². The zero-order chi connectivity index (χ0) is 11.3. The quantitative estimate of drug-likeness (QED) is 0.366. The summed E-state index contributed by atoms with van der Waals surface area (Å²) in [6.07, 6.45) is 1.17. The van der Waals surface area contributed by atoms with Crippen molar-refractivity contribution in [2.75, 3.05) is 7.11 Å². The van der Waals surface area contributed by atoms with Crippen molar-refractivity contribution in [3.63, 3.8) is 0 Å². The molecule has 0 spiro atoms. The summed E-state index contributed by atoms with van der Waals surface area (Å²) >= 11 is 1.22. The van der Waals surface area contributed by atoms with Crippen LogP contribution in [0.3, 0.4) is 0 Å². The number of carbonyl (C=O) groups is 1. The summed E-state index contributed by atoms with van der Waals surface area (Å²) in [5, 5.41) is 13.7. The van der Waals surface area contributed by atoms with Gasteiger partial charge in [-0.3, -0.25) is 0 Å². The molecule has 0 radical (unpaired) electrons. The molecule has 0 unspecified atom stereocenters. The molecule has 15 heavy (non-hydrogen) atoms. The van der Waals surface area contributed by atoms with Gasteiger partial charge in [0.2, 0.25) is 0 Å². The standard InChI is InChI=1S/C7H6N4O3S/c1-14-7-9-4(3-15-7)2-5(6(12)13)10-11-8/h2-3H,1H3,(H,12,13)/b5-2-. The van der Waals surface area contributed by atoms with E-state index >= 15 is 0 Å². The molecule has 8 heteroatoms. The number of hydrogen-bond acceptors (Lipinski definition) is 5. The fourth-order valence-electron chi connectivity index (χ4n) is 0.751. The van der Waals surface area contributed by atoms with Crippen LogP contribution >= 0.6 is 11.3 Å². The number of azide groups is 1. The highest BCUT2D eigenvalue weighted by atomic mass is 32.1. The second-order valence-corrected chi connectivity index (χ2v) is 3.09. The van der Waals surface area contributed by atoms with E-state index in [1.807, 2.05) is 0 Å². The van der Waals surface area contributed by atoms with E-state index in [2.05, 4.69) is 15.0 Å². The Morgan fingerprint density at radius 2 is 2.60 bits per heavy atom. The second-order valence-electron chi connectivity index (χ2n) is 2.27. The van der Waals surface area contributed by atoms with Gasteiger partial charge in [-0.1, -0.05) is 16.5 Å². The number of methoxy groups -OCH3 is 1. The number of aliphatic carboxylic acids is 1. The van der Waals surface area contributed by atoms with Gasteiger partial charge in [-0.15, -0.1) is 0 Å². The first kappa shape index (κ1) is 11.0. The minimum atomic E-state index is -1.31. The van der Waals surface area contributed by atoms with E-state index in [4.69, 9.17) is 15.4 Å². The lowest BCUT2D eigenvalue weighted by molar-refractivity contribution is -0.132. The molecule has 1 aromatic rings. The molecule has 0 amide bonds. The highest BCUT2D eigenvalue weighted by Crippen LogP contribution is 2.19. The number of nitrogens with zero attached hydrogens (tertiary/aromatic N) is 4. The van der Waals surface area contributed by atoms with Crippen molar-refractivity contribution in [1.82, 2.24) is 4.98 Å². The Morgan fingerprint density at radius 1 is 1.87 bits per heavy atom. The molecule has 0 bridgehead atoms. The first-order valence-electron chi connectivity index (χ1n) is 3.67. The predicted molar refractivity (Wildman–Crippen MR) is 53.4 cm³/mol. The first-order valence-corrected chi connectivity index (χ1v) is 4.55. The van der Waals surface area contributed by atoms with Crippen molar-refractivity contribution in [3.05, 3.63) is 27.2 Å². The van der Waals surface area contributed by atoms with Crippen LogP contribution in [0.15, 0.2) is 16.2 Å². The third kappa shape index (κ3) is 2.97. The Labute approximate surface area is 88.3 Å². The highest BCUT2D eigenvalue weighted by molar-refractivity contribution is 7.11. The molecule has 7 nitrogen and oxygen atoms in total. The van der Waals surface area contributed by atoms with Crippen LogP contribution in [0.4, 0.5) is 0 Å². The summed E-state index contributed by atoms with van der Waals surface area (Å²) in [4.78, 5) is 16.9. The number of carboxylic acid groups (broad SMARTS) is 1. The van der Waals surface area contributed by atoms with Crippen molar-refractivity contribution >= 4 is 23.4 Å². The average molecular weight is 226 g/mol. The Balaban J connectivity index is 3.01. The molecular weight excluding hydrogens is 220 g/mol. The molecule has 0 fully saturated rings. The fourth-order valence-corrected chi connectivity index (χ4v) is 1.35. The summed E-state index contributed by atoms with van der Waals surface area (Å²) in [5.74, 6) is -1.31. The van der Waals surface area contributed by atoms with Crippen LogP contribution in [-0.4, -0.2) is 23.2 Å². The van der Waals surface area contributed by atoms with Gasteiger partial charge in [0.25, 0.3) is 5.19 Å². The third-order valence-electron chi connectivity index (χ3n) is 1.33. The summed E-state index contributed by atoms with van der Waals surface area (Å²) in [7, 11) is 1.46.